The van der Waals surface area contributed by atoms with Crippen LogP contribution in [-0.4, -0.2) is 17.0 Å². The average molecular weight is 305 g/mol. The minimum Gasteiger partial charge on any atom is -0.312 e. The van der Waals surface area contributed by atoms with Crippen LogP contribution in [0.15, 0.2) is 47.4 Å². The second-order valence-corrected chi connectivity index (χ2v) is 6.73. The van der Waals surface area contributed by atoms with Crippen LogP contribution in [0, 0.1) is 19.7 Å². The first kappa shape index (κ1) is 15.9. The van der Waals surface area contributed by atoms with Crippen molar-refractivity contribution in [3.8, 4) is 0 Å². The molecule has 0 spiro atoms. The van der Waals surface area contributed by atoms with Crippen molar-refractivity contribution >= 4 is 10.8 Å². The summed E-state index contributed by atoms with van der Waals surface area (Å²) in [4.78, 5) is 0.527. The number of hydrogen-bond acceptors (Lipinski definition) is 2. The molecule has 0 radical (unpaired) electrons. The van der Waals surface area contributed by atoms with Gasteiger partial charge in [-0.3, -0.25) is 4.21 Å². The molecule has 2 unspecified atom stereocenters. The molecule has 2 aromatic rings. The Balaban J connectivity index is 2.20. The molecule has 0 fully saturated rings. The standard InChI is InChI=1S/C17H20FNOS/c1-12-7-13(2)9-14(8-12)17(19-3)11-21(20)16-6-4-5-15(18)10-16/h4-10,17,19H,11H2,1-3H3. The van der Waals surface area contributed by atoms with E-state index in [0.29, 0.717) is 10.6 Å². The summed E-state index contributed by atoms with van der Waals surface area (Å²) >= 11 is 0. The highest BCUT2D eigenvalue weighted by Crippen LogP contribution is 2.20. The van der Waals surface area contributed by atoms with Gasteiger partial charge < -0.3 is 5.32 Å². The predicted octanol–water partition coefficient (Wildman–Crippen LogP) is 3.51. The SMILES string of the molecule is CNC(CS(=O)c1cccc(F)c1)c1cc(C)cc(C)c1. The lowest BCUT2D eigenvalue weighted by molar-refractivity contribution is 0.619. The van der Waals surface area contributed by atoms with E-state index in [-0.39, 0.29) is 11.9 Å². The molecule has 0 aromatic heterocycles. The summed E-state index contributed by atoms with van der Waals surface area (Å²) in [6, 6.07) is 12.3. The molecule has 2 aromatic carbocycles. The third-order valence-electron chi connectivity index (χ3n) is 3.37. The minimum absolute atomic E-state index is 0.0206. The van der Waals surface area contributed by atoms with Gasteiger partial charge in [0.1, 0.15) is 5.82 Å². The van der Waals surface area contributed by atoms with E-state index in [0.717, 1.165) is 5.56 Å². The third-order valence-corrected chi connectivity index (χ3v) is 4.79. The van der Waals surface area contributed by atoms with Gasteiger partial charge in [0.2, 0.25) is 0 Å². The van der Waals surface area contributed by atoms with Crippen LogP contribution in [0.3, 0.4) is 0 Å². The maximum absolute atomic E-state index is 13.2. The first-order valence-corrected chi connectivity index (χ1v) is 8.21. The van der Waals surface area contributed by atoms with E-state index in [4.69, 9.17) is 0 Å². The monoisotopic (exact) mass is 305 g/mol. The van der Waals surface area contributed by atoms with E-state index in [9.17, 15) is 8.60 Å². The summed E-state index contributed by atoms with van der Waals surface area (Å²) in [5.41, 5.74) is 3.48. The van der Waals surface area contributed by atoms with Crippen molar-refractivity contribution in [3.63, 3.8) is 0 Å². The number of rotatable bonds is 5. The van der Waals surface area contributed by atoms with Crippen LogP contribution in [0.4, 0.5) is 4.39 Å². The van der Waals surface area contributed by atoms with Gasteiger partial charge in [0.15, 0.2) is 0 Å². The lowest BCUT2D eigenvalue weighted by atomic mass is 10.0. The van der Waals surface area contributed by atoms with E-state index in [1.54, 1.807) is 12.1 Å². The Morgan fingerprint density at radius 3 is 2.38 bits per heavy atom. The van der Waals surface area contributed by atoms with Gasteiger partial charge in [0.05, 0.1) is 10.8 Å². The molecule has 112 valence electrons. The topological polar surface area (TPSA) is 29.1 Å². The highest BCUT2D eigenvalue weighted by molar-refractivity contribution is 7.85. The molecule has 0 heterocycles. The van der Waals surface area contributed by atoms with Crippen LogP contribution in [0.1, 0.15) is 22.7 Å². The molecule has 0 saturated heterocycles. The van der Waals surface area contributed by atoms with E-state index in [1.807, 2.05) is 20.9 Å². The van der Waals surface area contributed by atoms with Crippen LogP contribution in [-0.2, 0) is 10.8 Å². The van der Waals surface area contributed by atoms with Crippen LogP contribution >= 0.6 is 0 Å². The Labute approximate surface area is 127 Å². The lowest BCUT2D eigenvalue weighted by Gasteiger charge is -2.17. The number of benzene rings is 2. The van der Waals surface area contributed by atoms with Gasteiger partial charge in [-0.2, -0.15) is 0 Å². The van der Waals surface area contributed by atoms with Crippen molar-refractivity contribution < 1.29 is 8.60 Å². The third kappa shape index (κ3) is 4.22. The maximum atomic E-state index is 13.2. The Bertz CT molecular complexity index is 637. The normalized spacial score (nSPS) is 13.9. The molecule has 0 amide bonds. The van der Waals surface area contributed by atoms with Crippen LogP contribution < -0.4 is 5.32 Å². The summed E-state index contributed by atoms with van der Waals surface area (Å²) in [5.74, 6) is 0.0660. The molecule has 2 nitrogen and oxygen atoms in total. The van der Waals surface area contributed by atoms with Crippen molar-refractivity contribution in [1.82, 2.24) is 5.32 Å². The molecule has 0 aliphatic heterocycles. The quantitative estimate of drug-likeness (QED) is 0.916. The summed E-state index contributed by atoms with van der Waals surface area (Å²) < 4.78 is 25.6. The van der Waals surface area contributed by atoms with Gasteiger partial charge in [-0.25, -0.2) is 4.39 Å². The van der Waals surface area contributed by atoms with Gasteiger partial charge in [0, 0.05) is 16.7 Å². The van der Waals surface area contributed by atoms with Gasteiger partial charge in [0.25, 0.3) is 0 Å². The summed E-state index contributed by atoms with van der Waals surface area (Å²) in [6.45, 7) is 4.10. The fourth-order valence-corrected chi connectivity index (χ4v) is 3.74. The van der Waals surface area contributed by atoms with E-state index in [1.165, 1.54) is 23.3 Å². The smallest absolute Gasteiger partial charge is 0.124 e. The average Bonchev–Trinajstić information content (AvgIpc) is 2.43. The Kier molecular flexibility index (Phi) is 5.26. The van der Waals surface area contributed by atoms with Crippen molar-refractivity contribution in [2.24, 2.45) is 0 Å². The van der Waals surface area contributed by atoms with Crippen LogP contribution in [0.25, 0.3) is 0 Å². The second kappa shape index (κ2) is 6.96. The highest BCUT2D eigenvalue weighted by atomic mass is 32.2. The molecule has 2 rings (SSSR count). The molecular weight excluding hydrogens is 285 g/mol. The highest BCUT2D eigenvalue weighted by Gasteiger charge is 2.15. The minimum atomic E-state index is -1.24. The van der Waals surface area contributed by atoms with Crippen molar-refractivity contribution in [2.45, 2.75) is 24.8 Å². The molecule has 0 saturated carbocycles. The molecule has 21 heavy (non-hydrogen) atoms. The van der Waals surface area contributed by atoms with Gasteiger partial charge in [-0.1, -0.05) is 35.4 Å². The molecule has 4 heteroatoms. The molecule has 0 aliphatic rings. The van der Waals surface area contributed by atoms with Gasteiger partial charge in [-0.15, -0.1) is 0 Å². The predicted molar refractivity (Wildman–Crippen MR) is 85.4 cm³/mol. The Morgan fingerprint density at radius 2 is 1.81 bits per heavy atom. The first-order valence-electron chi connectivity index (χ1n) is 6.89. The second-order valence-electron chi connectivity index (χ2n) is 5.23. The lowest BCUT2D eigenvalue weighted by Crippen LogP contribution is -2.23. The zero-order chi connectivity index (χ0) is 15.4. The van der Waals surface area contributed by atoms with Crippen molar-refractivity contribution in [2.75, 3.05) is 12.8 Å². The maximum Gasteiger partial charge on any atom is 0.124 e. The van der Waals surface area contributed by atoms with Crippen molar-refractivity contribution in [1.29, 1.82) is 0 Å². The largest absolute Gasteiger partial charge is 0.312 e. The van der Waals surface area contributed by atoms with Gasteiger partial charge >= 0.3 is 0 Å². The van der Waals surface area contributed by atoms with Crippen molar-refractivity contribution in [3.05, 3.63) is 65.0 Å². The number of hydrogen-bond donors (Lipinski definition) is 1. The number of halogens is 1. The Hall–Kier alpha value is -1.52. The zero-order valence-corrected chi connectivity index (χ0v) is 13.3. The molecule has 1 N–H and O–H groups in total. The molecule has 2 atom stereocenters. The van der Waals surface area contributed by atoms with Crippen LogP contribution in [0.5, 0.6) is 0 Å². The van der Waals surface area contributed by atoms with E-state index < -0.39 is 10.8 Å². The molecular formula is C17H20FNOS. The first-order chi connectivity index (χ1) is 9.99. The van der Waals surface area contributed by atoms with E-state index >= 15 is 0 Å². The summed E-state index contributed by atoms with van der Waals surface area (Å²) in [6.07, 6.45) is 0. The summed E-state index contributed by atoms with van der Waals surface area (Å²) in [5, 5.41) is 3.20. The number of nitrogens with one attached hydrogen (secondary N) is 1. The van der Waals surface area contributed by atoms with Crippen LogP contribution in [0.2, 0.25) is 0 Å². The summed E-state index contributed by atoms with van der Waals surface area (Å²) in [7, 11) is 0.612. The fourth-order valence-electron chi connectivity index (χ4n) is 2.41. The Morgan fingerprint density at radius 1 is 1.14 bits per heavy atom. The molecule has 0 bridgehead atoms. The molecule has 0 aliphatic carbocycles. The van der Waals surface area contributed by atoms with Gasteiger partial charge in [-0.05, 0) is 44.7 Å². The fraction of sp³-hybridized carbons (Fsp3) is 0.294. The van der Waals surface area contributed by atoms with E-state index in [2.05, 4.69) is 23.5 Å². The zero-order valence-electron chi connectivity index (χ0n) is 12.5. The number of aryl methyl sites for hydroxylation is 2.